The molecule has 3 aromatic rings. The maximum absolute atomic E-state index is 11.2. The van der Waals surface area contributed by atoms with Gasteiger partial charge in [0.15, 0.2) is 0 Å². The van der Waals surface area contributed by atoms with Gasteiger partial charge in [-0.25, -0.2) is 0 Å². The van der Waals surface area contributed by atoms with E-state index in [0.717, 1.165) is 16.7 Å². The molecule has 1 N–H and O–H groups in total. The van der Waals surface area contributed by atoms with Gasteiger partial charge in [-0.3, -0.25) is 4.98 Å². The summed E-state index contributed by atoms with van der Waals surface area (Å²) in [4.78, 5) is 4.13. The van der Waals surface area contributed by atoms with Gasteiger partial charge in [0.25, 0.3) is 0 Å². The molecule has 0 aliphatic carbocycles. The van der Waals surface area contributed by atoms with Crippen LogP contribution >= 0.6 is 34.8 Å². The Kier molecular flexibility index (Phi) is 5.61. The Balaban J connectivity index is 1.86. The van der Waals surface area contributed by atoms with Crippen molar-refractivity contribution in [2.45, 2.75) is 12.0 Å². The topological polar surface area (TPSA) is 42.4 Å². The maximum atomic E-state index is 11.2. The Bertz CT molecular complexity index is 1020. The van der Waals surface area contributed by atoms with Gasteiger partial charge in [-0.2, -0.15) is 0 Å². The largest absolute Gasteiger partial charge is 0.492 e. The predicted molar refractivity (Wildman–Crippen MR) is 113 cm³/mol. The predicted octanol–water partition coefficient (Wildman–Crippen LogP) is 6.30. The summed E-state index contributed by atoms with van der Waals surface area (Å²) >= 11 is 18.6. The molecule has 0 bridgehead atoms. The number of hydrogen-bond acceptors (Lipinski definition) is 3. The molecule has 1 aliphatic heterocycles. The quantitative estimate of drug-likeness (QED) is 0.526. The van der Waals surface area contributed by atoms with E-state index in [-0.39, 0.29) is 5.92 Å². The maximum Gasteiger partial charge on any atom is 0.129 e. The van der Waals surface area contributed by atoms with Crippen molar-refractivity contribution in [2.75, 3.05) is 6.61 Å². The van der Waals surface area contributed by atoms with E-state index >= 15 is 0 Å². The molecule has 0 spiro atoms. The van der Waals surface area contributed by atoms with Crippen LogP contribution in [0.2, 0.25) is 15.1 Å². The highest BCUT2D eigenvalue weighted by atomic mass is 35.5. The van der Waals surface area contributed by atoms with E-state index in [1.165, 1.54) is 0 Å². The molecule has 0 fully saturated rings. The Hall–Kier alpha value is -2.04. The molecule has 2 unspecified atom stereocenters. The first-order chi connectivity index (χ1) is 13.5. The molecule has 2 aromatic carbocycles. The van der Waals surface area contributed by atoms with E-state index in [2.05, 4.69) is 4.98 Å². The zero-order valence-corrected chi connectivity index (χ0v) is 16.9. The van der Waals surface area contributed by atoms with Gasteiger partial charge in [-0.05, 0) is 48.0 Å². The molecule has 2 heterocycles. The molecule has 1 aromatic heterocycles. The van der Waals surface area contributed by atoms with Crippen LogP contribution in [0.1, 0.15) is 28.7 Å². The van der Waals surface area contributed by atoms with E-state index in [4.69, 9.17) is 39.5 Å². The number of aromatic nitrogens is 1. The number of nitrogens with zero attached hydrogens (tertiary/aromatic N) is 1. The highest BCUT2D eigenvalue weighted by Gasteiger charge is 2.35. The highest BCUT2D eigenvalue weighted by molar-refractivity contribution is 6.35. The van der Waals surface area contributed by atoms with Crippen LogP contribution in [0.5, 0.6) is 0 Å². The minimum Gasteiger partial charge on any atom is -0.492 e. The second-order valence-electron chi connectivity index (χ2n) is 6.51. The molecule has 28 heavy (non-hydrogen) atoms. The minimum atomic E-state index is -0.890. The van der Waals surface area contributed by atoms with Gasteiger partial charge >= 0.3 is 0 Å². The minimum absolute atomic E-state index is 0.217. The van der Waals surface area contributed by atoms with Crippen molar-refractivity contribution in [3.05, 3.63) is 104 Å². The number of rotatable bonds is 4. The van der Waals surface area contributed by atoms with Crippen LogP contribution in [-0.2, 0) is 4.74 Å². The number of ether oxygens (including phenoxy) is 1. The molecule has 0 amide bonds. The zero-order valence-electron chi connectivity index (χ0n) is 14.6. The Labute approximate surface area is 178 Å². The molecule has 0 radical (unpaired) electrons. The Morgan fingerprint density at radius 1 is 1.00 bits per heavy atom. The van der Waals surface area contributed by atoms with Crippen molar-refractivity contribution in [2.24, 2.45) is 0 Å². The van der Waals surface area contributed by atoms with Crippen LogP contribution in [0.25, 0.3) is 5.76 Å². The lowest BCUT2D eigenvalue weighted by atomic mass is 9.86. The molecule has 2 atom stereocenters. The average molecular weight is 433 g/mol. The van der Waals surface area contributed by atoms with Crippen LogP contribution in [0.3, 0.4) is 0 Å². The second-order valence-corrected chi connectivity index (χ2v) is 7.79. The van der Waals surface area contributed by atoms with Crippen molar-refractivity contribution in [3.63, 3.8) is 0 Å². The van der Waals surface area contributed by atoms with Crippen molar-refractivity contribution >= 4 is 40.6 Å². The fourth-order valence-corrected chi connectivity index (χ4v) is 4.09. The molecule has 142 valence electrons. The van der Waals surface area contributed by atoms with E-state index < -0.39 is 6.10 Å². The first kappa shape index (κ1) is 19.3. The summed E-state index contributed by atoms with van der Waals surface area (Å²) in [7, 11) is 0. The number of aliphatic hydroxyl groups excluding tert-OH is 1. The lowest BCUT2D eigenvalue weighted by Crippen LogP contribution is -2.11. The zero-order chi connectivity index (χ0) is 19.7. The normalized spacial score (nSPS) is 17.5. The summed E-state index contributed by atoms with van der Waals surface area (Å²) in [6.45, 7) is 0.367. The van der Waals surface area contributed by atoms with Gasteiger partial charge in [0.1, 0.15) is 11.9 Å². The van der Waals surface area contributed by atoms with Crippen LogP contribution in [0.4, 0.5) is 0 Å². The summed E-state index contributed by atoms with van der Waals surface area (Å²) in [6.07, 6.45) is 2.43. The van der Waals surface area contributed by atoms with Gasteiger partial charge in [-0.1, -0.05) is 46.9 Å². The van der Waals surface area contributed by atoms with Crippen molar-refractivity contribution < 1.29 is 9.84 Å². The van der Waals surface area contributed by atoms with Crippen LogP contribution in [-0.4, -0.2) is 16.7 Å². The molecular weight excluding hydrogens is 417 g/mol. The number of pyridine rings is 1. The molecule has 0 saturated carbocycles. The lowest BCUT2D eigenvalue weighted by molar-refractivity contribution is 0.209. The molecule has 1 aliphatic rings. The second kappa shape index (κ2) is 8.14. The summed E-state index contributed by atoms with van der Waals surface area (Å²) in [5, 5.41) is 12.9. The molecular formula is C22H16Cl3NO2. The third-order valence-corrected chi connectivity index (χ3v) is 5.59. The molecule has 4 rings (SSSR count). The van der Waals surface area contributed by atoms with E-state index in [1.807, 2.05) is 24.3 Å². The third-order valence-electron chi connectivity index (χ3n) is 4.77. The average Bonchev–Trinajstić information content (AvgIpc) is 3.13. The number of hydrogen-bond donors (Lipinski definition) is 1. The first-order valence-electron chi connectivity index (χ1n) is 8.70. The fourth-order valence-electron chi connectivity index (χ4n) is 3.42. The lowest BCUT2D eigenvalue weighted by Gasteiger charge is -2.20. The number of aliphatic hydroxyl groups is 1. The van der Waals surface area contributed by atoms with Crippen LogP contribution in [0, 0.1) is 0 Å². The smallest absolute Gasteiger partial charge is 0.129 e. The summed E-state index contributed by atoms with van der Waals surface area (Å²) < 4.78 is 6.05. The fraction of sp³-hybridized carbons (Fsp3) is 0.136. The van der Waals surface area contributed by atoms with E-state index in [0.29, 0.717) is 33.0 Å². The van der Waals surface area contributed by atoms with Crippen molar-refractivity contribution in [3.8, 4) is 0 Å². The van der Waals surface area contributed by atoms with Crippen molar-refractivity contribution in [1.82, 2.24) is 4.98 Å². The van der Waals surface area contributed by atoms with Crippen molar-refractivity contribution in [1.29, 1.82) is 0 Å². The van der Waals surface area contributed by atoms with Crippen LogP contribution < -0.4 is 0 Å². The Morgan fingerprint density at radius 3 is 2.43 bits per heavy atom. The number of benzene rings is 2. The SMILES string of the molecule is OC(C1=C(c2ccc(Cl)cc2)OCC1c1ccc(Cl)cc1Cl)c1cccnc1. The van der Waals surface area contributed by atoms with Gasteiger partial charge < -0.3 is 9.84 Å². The van der Waals surface area contributed by atoms with Crippen LogP contribution in [0.15, 0.2) is 72.6 Å². The highest BCUT2D eigenvalue weighted by Crippen LogP contribution is 2.46. The molecule has 0 saturated heterocycles. The standard InChI is InChI=1S/C22H16Cl3NO2/c23-15-5-3-13(4-6-15)22-20(21(27)14-2-1-9-26-11-14)18(12-28-22)17-8-7-16(24)10-19(17)25/h1-11,18,21,27H,12H2. The van der Waals surface area contributed by atoms with Gasteiger partial charge in [0.2, 0.25) is 0 Å². The Morgan fingerprint density at radius 2 is 1.75 bits per heavy atom. The first-order valence-corrected chi connectivity index (χ1v) is 9.83. The number of halogens is 3. The molecule has 3 nitrogen and oxygen atoms in total. The van der Waals surface area contributed by atoms with Gasteiger partial charge in [0, 0.05) is 50.1 Å². The van der Waals surface area contributed by atoms with E-state index in [1.54, 1.807) is 42.7 Å². The molecule has 6 heteroatoms. The summed E-state index contributed by atoms with van der Waals surface area (Å²) in [6, 6.07) is 16.3. The van der Waals surface area contributed by atoms with Gasteiger partial charge in [-0.15, -0.1) is 0 Å². The summed E-state index contributed by atoms with van der Waals surface area (Å²) in [5.41, 5.74) is 3.12. The van der Waals surface area contributed by atoms with Gasteiger partial charge in [0.05, 0.1) is 6.61 Å². The summed E-state index contributed by atoms with van der Waals surface area (Å²) in [5.74, 6) is 0.412. The third kappa shape index (κ3) is 3.76. The monoisotopic (exact) mass is 431 g/mol. The van der Waals surface area contributed by atoms with E-state index in [9.17, 15) is 5.11 Å².